The van der Waals surface area contributed by atoms with Crippen molar-refractivity contribution >= 4 is 30.0 Å². The lowest BCUT2D eigenvalue weighted by molar-refractivity contribution is -0.145. The molecule has 30 heavy (non-hydrogen) atoms. The van der Waals surface area contributed by atoms with Crippen LogP contribution in [0.25, 0.3) is 0 Å². The average Bonchev–Trinajstić information content (AvgIpc) is 2.70. The number of hydrogen-bond donors (Lipinski definition) is 2. The molecule has 3 atom stereocenters. The van der Waals surface area contributed by atoms with Crippen LogP contribution in [-0.2, 0) is 22.4 Å². The maximum absolute atomic E-state index is 11.5. The monoisotopic (exact) mass is 453 g/mol. The Hall–Kier alpha value is -1.79. The molecule has 0 saturated heterocycles. The van der Waals surface area contributed by atoms with E-state index in [-0.39, 0.29) is 31.0 Å². The molecule has 0 saturated carbocycles. The van der Waals surface area contributed by atoms with Crippen molar-refractivity contribution in [3.05, 3.63) is 64.2 Å². The number of aliphatic hydroxyl groups is 1. The highest BCUT2D eigenvalue weighted by atomic mass is 35.5. The molecule has 2 aromatic rings. The zero-order valence-electron chi connectivity index (χ0n) is 17.3. The number of nitrogens with one attached hydrogen (secondary N) is 1. The molecule has 0 heterocycles. The predicted molar refractivity (Wildman–Crippen MR) is 121 cm³/mol. The van der Waals surface area contributed by atoms with Gasteiger partial charge in [0.1, 0.15) is 5.75 Å². The summed E-state index contributed by atoms with van der Waals surface area (Å²) < 4.78 is 10.5. The maximum Gasteiger partial charge on any atom is 0.344 e. The smallest absolute Gasteiger partial charge is 0.344 e. The summed E-state index contributed by atoms with van der Waals surface area (Å²) in [6, 6.07) is 13.5. The average molecular weight is 454 g/mol. The molecule has 5 nitrogen and oxygen atoms in total. The van der Waals surface area contributed by atoms with Gasteiger partial charge < -0.3 is 19.9 Å². The van der Waals surface area contributed by atoms with Gasteiger partial charge in [0.15, 0.2) is 6.61 Å². The fourth-order valence-electron chi connectivity index (χ4n) is 3.72. The normalized spacial score (nSPS) is 18.7. The summed E-state index contributed by atoms with van der Waals surface area (Å²) in [6.07, 6.45) is 1.19. The molecule has 0 amide bonds. The van der Waals surface area contributed by atoms with Gasteiger partial charge in [0, 0.05) is 17.6 Å². The van der Waals surface area contributed by atoms with E-state index in [9.17, 15) is 9.90 Å². The Balaban J connectivity index is 0.00000320. The van der Waals surface area contributed by atoms with Gasteiger partial charge in [-0.2, -0.15) is 0 Å². The third kappa shape index (κ3) is 6.61. The summed E-state index contributed by atoms with van der Waals surface area (Å²) >= 11 is 6.02. The number of hydrogen-bond acceptors (Lipinski definition) is 5. The number of esters is 1. The highest BCUT2D eigenvalue weighted by Gasteiger charge is 2.26. The van der Waals surface area contributed by atoms with Gasteiger partial charge in [-0.3, -0.25) is 0 Å². The van der Waals surface area contributed by atoms with Gasteiger partial charge >= 0.3 is 5.97 Å². The molecule has 3 rings (SSSR count). The zero-order valence-corrected chi connectivity index (χ0v) is 18.8. The highest BCUT2D eigenvalue weighted by Crippen LogP contribution is 2.29. The van der Waals surface area contributed by atoms with Crippen LogP contribution in [0.4, 0.5) is 0 Å². The van der Waals surface area contributed by atoms with Crippen LogP contribution in [0.3, 0.4) is 0 Å². The van der Waals surface area contributed by atoms with Crippen molar-refractivity contribution in [3.8, 4) is 5.75 Å². The first kappa shape index (κ1) is 24.5. The molecule has 164 valence electrons. The van der Waals surface area contributed by atoms with E-state index in [1.54, 1.807) is 19.1 Å². The lowest BCUT2D eigenvalue weighted by atomic mass is 9.81. The number of ether oxygens (including phenoxy) is 2. The maximum atomic E-state index is 11.5. The quantitative estimate of drug-likeness (QED) is 0.588. The van der Waals surface area contributed by atoms with E-state index in [4.69, 9.17) is 21.1 Å². The zero-order chi connectivity index (χ0) is 20.8. The molecule has 1 unspecified atom stereocenters. The summed E-state index contributed by atoms with van der Waals surface area (Å²) in [7, 11) is 0. The van der Waals surface area contributed by atoms with Gasteiger partial charge in [-0.25, -0.2) is 4.79 Å². The van der Waals surface area contributed by atoms with E-state index in [0.717, 1.165) is 18.4 Å². The van der Waals surface area contributed by atoms with Crippen molar-refractivity contribution in [1.29, 1.82) is 0 Å². The Labute approximate surface area is 189 Å². The third-order valence-corrected chi connectivity index (χ3v) is 5.55. The minimum Gasteiger partial charge on any atom is -0.482 e. The Morgan fingerprint density at radius 2 is 2.03 bits per heavy atom. The number of benzene rings is 2. The van der Waals surface area contributed by atoms with E-state index in [2.05, 4.69) is 18.3 Å². The van der Waals surface area contributed by atoms with Gasteiger partial charge in [-0.15, -0.1) is 12.4 Å². The van der Waals surface area contributed by atoms with Crippen molar-refractivity contribution in [2.24, 2.45) is 5.92 Å². The molecule has 0 fully saturated rings. The number of fused-ring (bicyclic) bond motifs is 1. The molecule has 2 N–H and O–H groups in total. The van der Waals surface area contributed by atoms with Gasteiger partial charge in [-0.1, -0.05) is 36.7 Å². The number of carbonyl (C=O) groups is 1. The van der Waals surface area contributed by atoms with E-state index in [1.165, 1.54) is 11.1 Å². The van der Waals surface area contributed by atoms with Gasteiger partial charge in [0.25, 0.3) is 0 Å². The molecular formula is C23H29Cl2NO4. The van der Waals surface area contributed by atoms with Crippen LogP contribution in [0.2, 0.25) is 5.02 Å². The predicted octanol–water partition coefficient (Wildman–Crippen LogP) is 4.13. The number of halogens is 2. The van der Waals surface area contributed by atoms with Crippen molar-refractivity contribution in [2.75, 3.05) is 19.8 Å². The molecule has 2 aromatic carbocycles. The van der Waals surface area contributed by atoms with Crippen LogP contribution in [0.5, 0.6) is 5.75 Å². The van der Waals surface area contributed by atoms with Crippen molar-refractivity contribution < 1.29 is 19.4 Å². The standard InChI is InChI=1S/C23H28ClNO4.ClH/c1-3-28-23(27)14-29-20-8-7-16-9-15(2)21(12-18(16)11-20)25-13-22(26)17-5-4-6-19(24)10-17;/h4-8,10-11,15,21-22,25-26H,3,9,12-14H2,1-2H3;1H/t15?,21-,22-;/m0./s1. The number of rotatable bonds is 8. The van der Waals surface area contributed by atoms with Crippen LogP contribution < -0.4 is 10.1 Å². The SMILES string of the molecule is CCOC(=O)COc1ccc2c(c1)C[C@H](NC[C@H](O)c1cccc(Cl)c1)C(C)C2.Cl. The number of carbonyl (C=O) groups excluding carboxylic acids is 1. The highest BCUT2D eigenvalue weighted by molar-refractivity contribution is 6.30. The van der Waals surface area contributed by atoms with E-state index in [0.29, 0.717) is 29.8 Å². The second-order valence-electron chi connectivity index (χ2n) is 7.50. The van der Waals surface area contributed by atoms with Crippen LogP contribution in [0.1, 0.15) is 36.6 Å². The van der Waals surface area contributed by atoms with Gasteiger partial charge in [0.2, 0.25) is 0 Å². The van der Waals surface area contributed by atoms with Crippen LogP contribution in [0, 0.1) is 5.92 Å². The Kier molecular flexibility index (Phi) is 9.43. The van der Waals surface area contributed by atoms with Crippen LogP contribution >= 0.6 is 24.0 Å². The lowest BCUT2D eigenvalue weighted by Gasteiger charge is -2.32. The summed E-state index contributed by atoms with van der Waals surface area (Å²) in [4.78, 5) is 11.5. The lowest BCUT2D eigenvalue weighted by Crippen LogP contribution is -2.42. The summed E-state index contributed by atoms with van der Waals surface area (Å²) in [5.74, 6) is 0.748. The second-order valence-corrected chi connectivity index (χ2v) is 7.93. The fraction of sp³-hybridized carbons (Fsp3) is 0.435. The van der Waals surface area contributed by atoms with Crippen LogP contribution in [-0.4, -0.2) is 36.9 Å². The molecular weight excluding hydrogens is 425 g/mol. The summed E-state index contributed by atoms with van der Waals surface area (Å²) in [5.41, 5.74) is 3.32. The summed E-state index contributed by atoms with van der Waals surface area (Å²) in [6.45, 7) is 4.71. The number of aliphatic hydroxyl groups excluding tert-OH is 1. The first-order chi connectivity index (χ1) is 14.0. The molecule has 7 heteroatoms. The molecule has 1 aliphatic rings. The Bertz CT molecular complexity index is 846. The Morgan fingerprint density at radius 3 is 2.77 bits per heavy atom. The van der Waals surface area contributed by atoms with Crippen molar-refractivity contribution in [3.63, 3.8) is 0 Å². The molecule has 0 bridgehead atoms. The van der Waals surface area contributed by atoms with E-state index in [1.807, 2.05) is 24.3 Å². The minimum atomic E-state index is -0.610. The molecule has 0 radical (unpaired) electrons. The Morgan fingerprint density at radius 1 is 1.23 bits per heavy atom. The minimum absolute atomic E-state index is 0. The van der Waals surface area contributed by atoms with Crippen LogP contribution in [0.15, 0.2) is 42.5 Å². The molecule has 0 aromatic heterocycles. The fourth-order valence-corrected chi connectivity index (χ4v) is 3.92. The van der Waals surface area contributed by atoms with Crippen molar-refractivity contribution in [2.45, 2.75) is 38.8 Å². The third-order valence-electron chi connectivity index (χ3n) is 5.32. The first-order valence-electron chi connectivity index (χ1n) is 10.0. The van der Waals surface area contributed by atoms with Gasteiger partial charge in [0.05, 0.1) is 12.7 Å². The first-order valence-corrected chi connectivity index (χ1v) is 10.4. The van der Waals surface area contributed by atoms with Crippen molar-refractivity contribution in [1.82, 2.24) is 5.32 Å². The second kappa shape index (κ2) is 11.6. The molecule has 0 spiro atoms. The largest absolute Gasteiger partial charge is 0.482 e. The van der Waals surface area contributed by atoms with Gasteiger partial charge in [-0.05, 0) is 66.6 Å². The molecule has 1 aliphatic carbocycles. The molecule has 0 aliphatic heterocycles. The van der Waals surface area contributed by atoms with E-state index >= 15 is 0 Å². The van der Waals surface area contributed by atoms with E-state index < -0.39 is 6.10 Å². The topological polar surface area (TPSA) is 67.8 Å². The summed E-state index contributed by atoms with van der Waals surface area (Å²) in [5, 5.41) is 14.6.